The van der Waals surface area contributed by atoms with E-state index >= 15 is 0 Å². The highest BCUT2D eigenvalue weighted by Crippen LogP contribution is 2.39. The number of amides is 1. The van der Waals surface area contributed by atoms with Gasteiger partial charge in [0.05, 0.1) is 0 Å². The lowest BCUT2D eigenvalue weighted by Gasteiger charge is -2.48. The Morgan fingerprint density at radius 1 is 1.12 bits per heavy atom. The average Bonchev–Trinajstić information content (AvgIpc) is 3.17. The zero-order valence-electron chi connectivity index (χ0n) is 14.6. The molecule has 2 saturated heterocycles. The molecule has 1 aromatic heterocycles. The van der Waals surface area contributed by atoms with Crippen LogP contribution in [0.2, 0.25) is 0 Å². The Morgan fingerprint density at radius 3 is 2.68 bits per heavy atom. The maximum absolute atomic E-state index is 12.6. The molecule has 0 aliphatic carbocycles. The van der Waals surface area contributed by atoms with Crippen LogP contribution in [-0.2, 0) is 6.54 Å². The zero-order chi connectivity index (χ0) is 17.1. The van der Waals surface area contributed by atoms with Gasteiger partial charge in [0.1, 0.15) is 6.26 Å². The number of nitrogens with zero attached hydrogens (tertiary/aromatic N) is 3. The minimum Gasteiger partial charge on any atom is -0.451 e. The highest BCUT2D eigenvalue weighted by atomic mass is 16.3. The van der Waals surface area contributed by atoms with Crippen molar-refractivity contribution in [2.24, 2.45) is 5.41 Å². The molecular weight excluding hydrogens is 314 g/mol. The second-order valence-corrected chi connectivity index (χ2v) is 7.50. The first-order valence-corrected chi connectivity index (χ1v) is 9.18. The standard InChI is InChI=1S/C20H25N3O2/c24-19(18-13-25-16-21-18)23-11-5-9-20(15-23)8-4-10-22(14-20)12-17-6-2-1-3-7-17/h1-3,6-7,13,16H,4-5,8-12,14-15H2/t20-/m1/s1. The predicted octanol–water partition coefficient (Wildman–Crippen LogP) is 3.19. The molecule has 1 aromatic carbocycles. The lowest BCUT2D eigenvalue weighted by Crippen LogP contribution is -2.53. The van der Waals surface area contributed by atoms with E-state index in [1.807, 2.05) is 4.90 Å². The third kappa shape index (κ3) is 3.61. The Bertz CT molecular complexity index is 697. The highest BCUT2D eigenvalue weighted by Gasteiger charge is 2.40. The van der Waals surface area contributed by atoms with E-state index in [2.05, 4.69) is 40.2 Å². The van der Waals surface area contributed by atoms with Crippen LogP contribution in [-0.4, -0.2) is 46.9 Å². The smallest absolute Gasteiger partial charge is 0.275 e. The van der Waals surface area contributed by atoms with Gasteiger partial charge in [0.15, 0.2) is 12.1 Å². The van der Waals surface area contributed by atoms with Crippen LogP contribution in [0.5, 0.6) is 0 Å². The van der Waals surface area contributed by atoms with E-state index in [9.17, 15) is 4.79 Å². The summed E-state index contributed by atoms with van der Waals surface area (Å²) in [5.74, 6) is 0.00741. The van der Waals surface area contributed by atoms with Crippen molar-refractivity contribution in [1.82, 2.24) is 14.8 Å². The Balaban J connectivity index is 1.44. The number of aromatic nitrogens is 1. The van der Waals surface area contributed by atoms with Gasteiger partial charge in [-0.3, -0.25) is 9.69 Å². The highest BCUT2D eigenvalue weighted by molar-refractivity contribution is 5.92. The molecule has 0 unspecified atom stereocenters. The molecule has 2 aliphatic rings. The van der Waals surface area contributed by atoms with Crippen molar-refractivity contribution in [2.75, 3.05) is 26.2 Å². The molecule has 2 aromatic rings. The van der Waals surface area contributed by atoms with Gasteiger partial charge in [0, 0.05) is 31.6 Å². The molecule has 2 fully saturated rings. The van der Waals surface area contributed by atoms with Gasteiger partial charge in [-0.05, 0) is 37.8 Å². The zero-order valence-corrected chi connectivity index (χ0v) is 14.6. The van der Waals surface area contributed by atoms with Gasteiger partial charge in [0.2, 0.25) is 0 Å². The van der Waals surface area contributed by atoms with Crippen molar-refractivity contribution >= 4 is 5.91 Å². The number of oxazole rings is 1. The molecule has 0 radical (unpaired) electrons. The van der Waals surface area contributed by atoms with E-state index in [4.69, 9.17) is 4.42 Å². The first-order chi connectivity index (χ1) is 12.2. The van der Waals surface area contributed by atoms with Crippen LogP contribution in [0.25, 0.3) is 0 Å². The summed E-state index contributed by atoms with van der Waals surface area (Å²) in [6.45, 7) is 4.88. The Labute approximate surface area is 148 Å². The fourth-order valence-electron chi connectivity index (χ4n) is 4.48. The summed E-state index contributed by atoms with van der Waals surface area (Å²) in [5, 5.41) is 0. The molecule has 0 saturated carbocycles. The maximum atomic E-state index is 12.6. The number of likely N-dealkylation sites (tertiary alicyclic amines) is 2. The van der Waals surface area contributed by atoms with Gasteiger partial charge in [0.25, 0.3) is 5.91 Å². The number of hydrogen-bond donors (Lipinski definition) is 0. The Kier molecular flexibility index (Phi) is 4.57. The van der Waals surface area contributed by atoms with Gasteiger partial charge in [-0.15, -0.1) is 0 Å². The van der Waals surface area contributed by atoms with E-state index in [0.717, 1.165) is 39.1 Å². The summed E-state index contributed by atoms with van der Waals surface area (Å²) in [4.78, 5) is 21.2. The lowest BCUT2D eigenvalue weighted by molar-refractivity contribution is 0.0111. The summed E-state index contributed by atoms with van der Waals surface area (Å²) < 4.78 is 4.98. The Morgan fingerprint density at radius 2 is 1.92 bits per heavy atom. The van der Waals surface area contributed by atoms with Gasteiger partial charge in [-0.2, -0.15) is 0 Å². The molecule has 4 rings (SSSR count). The molecule has 5 heteroatoms. The predicted molar refractivity (Wildman–Crippen MR) is 95.0 cm³/mol. The monoisotopic (exact) mass is 339 g/mol. The minimum absolute atomic E-state index is 0.00741. The summed E-state index contributed by atoms with van der Waals surface area (Å²) in [6, 6.07) is 10.7. The molecule has 5 nitrogen and oxygen atoms in total. The maximum Gasteiger partial charge on any atom is 0.275 e. The summed E-state index contributed by atoms with van der Waals surface area (Å²) in [7, 11) is 0. The van der Waals surface area contributed by atoms with E-state index in [0.29, 0.717) is 5.69 Å². The van der Waals surface area contributed by atoms with Crippen LogP contribution >= 0.6 is 0 Å². The number of benzene rings is 1. The first kappa shape index (κ1) is 16.3. The van der Waals surface area contributed by atoms with E-state index < -0.39 is 0 Å². The summed E-state index contributed by atoms with van der Waals surface area (Å²) in [6.07, 6.45) is 7.48. The molecule has 2 aliphatic heterocycles. The topological polar surface area (TPSA) is 49.6 Å². The number of rotatable bonds is 3. The van der Waals surface area contributed by atoms with Crippen LogP contribution < -0.4 is 0 Å². The number of piperidine rings is 2. The number of carbonyl (C=O) groups is 1. The normalized spacial score (nSPS) is 24.6. The van der Waals surface area contributed by atoms with Gasteiger partial charge >= 0.3 is 0 Å². The molecular formula is C20H25N3O2. The van der Waals surface area contributed by atoms with E-state index in [1.165, 1.54) is 37.5 Å². The lowest BCUT2D eigenvalue weighted by atomic mass is 9.73. The fourth-order valence-corrected chi connectivity index (χ4v) is 4.48. The molecule has 25 heavy (non-hydrogen) atoms. The molecule has 0 N–H and O–H groups in total. The first-order valence-electron chi connectivity index (χ1n) is 9.18. The molecule has 1 spiro atoms. The third-order valence-corrected chi connectivity index (χ3v) is 5.59. The fraction of sp³-hybridized carbons (Fsp3) is 0.500. The van der Waals surface area contributed by atoms with E-state index in [-0.39, 0.29) is 11.3 Å². The van der Waals surface area contributed by atoms with Crippen molar-refractivity contribution in [3.63, 3.8) is 0 Å². The average molecular weight is 339 g/mol. The van der Waals surface area contributed by atoms with Gasteiger partial charge in [-0.25, -0.2) is 4.98 Å². The van der Waals surface area contributed by atoms with Gasteiger partial charge < -0.3 is 9.32 Å². The van der Waals surface area contributed by atoms with Crippen molar-refractivity contribution < 1.29 is 9.21 Å². The van der Waals surface area contributed by atoms with Crippen LogP contribution in [0.4, 0.5) is 0 Å². The molecule has 3 heterocycles. The molecule has 1 amide bonds. The van der Waals surface area contributed by atoms with Gasteiger partial charge in [-0.1, -0.05) is 30.3 Å². The van der Waals surface area contributed by atoms with E-state index in [1.54, 1.807) is 0 Å². The Hall–Kier alpha value is -2.14. The van der Waals surface area contributed by atoms with Crippen molar-refractivity contribution in [3.05, 3.63) is 54.2 Å². The van der Waals surface area contributed by atoms with Crippen LogP contribution in [0.3, 0.4) is 0 Å². The SMILES string of the molecule is O=C(c1cocn1)N1CCC[C@@]2(CCCN(Cc3ccccc3)C2)C1. The van der Waals surface area contributed by atoms with Crippen LogP contribution in [0, 0.1) is 5.41 Å². The summed E-state index contributed by atoms with van der Waals surface area (Å²) >= 11 is 0. The van der Waals surface area contributed by atoms with Crippen LogP contribution in [0.15, 0.2) is 47.4 Å². The number of hydrogen-bond acceptors (Lipinski definition) is 4. The molecule has 1 atom stereocenters. The molecule has 0 bridgehead atoms. The quantitative estimate of drug-likeness (QED) is 0.862. The molecule has 132 valence electrons. The largest absolute Gasteiger partial charge is 0.451 e. The van der Waals surface area contributed by atoms with Crippen molar-refractivity contribution in [1.29, 1.82) is 0 Å². The summed E-state index contributed by atoms with van der Waals surface area (Å²) in [5.41, 5.74) is 2.02. The van der Waals surface area contributed by atoms with Crippen molar-refractivity contribution in [2.45, 2.75) is 32.2 Å². The third-order valence-electron chi connectivity index (χ3n) is 5.59. The second-order valence-electron chi connectivity index (χ2n) is 7.50. The van der Waals surface area contributed by atoms with Crippen molar-refractivity contribution in [3.8, 4) is 0 Å². The number of carbonyl (C=O) groups excluding carboxylic acids is 1. The second kappa shape index (κ2) is 7.00. The minimum atomic E-state index is 0.00741. The van der Waals surface area contributed by atoms with Crippen LogP contribution in [0.1, 0.15) is 41.7 Å².